The van der Waals surface area contributed by atoms with Crippen LogP contribution in [0.1, 0.15) is 5.56 Å². The number of benzene rings is 2. The van der Waals surface area contributed by atoms with Crippen LogP contribution in [0.3, 0.4) is 0 Å². The van der Waals surface area contributed by atoms with E-state index < -0.39 is 11.4 Å². The minimum atomic E-state index is -1.68. The Morgan fingerprint density at radius 2 is 1.67 bits per heavy atom. The van der Waals surface area contributed by atoms with Crippen molar-refractivity contribution in [2.24, 2.45) is 10.7 Å². The number of carbonyl (C=O) groups is 1. The molecule has 0 aliphatic carbocycles. The highest BCUT2D eigenvalue weighted by atomic mass is 16.5. The molecule has 2 aliphatic rings. The van der Waals surface area contributed by atoms with Crippen molar-refractivity contribution in [2.75, 3.05) is 59.4 Å². The lowest BCUT2D eigenvalue weighted by molar-refractivity contribution is -0.126. The van der Waals surface area contributed by atoms with Crippen LogP contribution in [0.5, 0.6) is 23.0 Å². The van der Waals surface area contributed by atoms with Crippen LogP contribution in [0.15, 0.2) is 41.4 Å². The Bertz CT molecular complexity index is 1050. The molecule has 2 aliphatic heterocycles. The largest absolute Gasteiger partial charge is 0.493 e. The highest BCUT2D eigenvalue weighted by Gasteiger charge is 2.43. The minimum Gasteiger partial charge on any atom is -0.493 e. The highest BCUT2D eigenvalue weighted by Crippen LogP contribution is 2.41. The molecule has 0 amide bonds. The number of carbonyl (C=O) groups excluding carboxylic acids is 1. The molecule has 4 rings (SSSR count). The van der Waals surface area contributed by atoms with Crippen LogP contribution in [0.4, 0.5) is 5.69 Å². The topological polar surface area (TPSA) is 120 Å². The number of hydrogen-bond acceptors (Lipinski definition) is 10. The number of nitrogens with two attached hydrogens (primary N) is 1. The van der Waals surface area contributed by atoms with E-state index in [1.807, 2.05) is 6.07 Å². The monoisotopic (exact) mass is 455 g/mol. The van der Waals surface area contributed by atoms with Gasteiger partial charge in [0, 0.05) is 37.8 Å². The van der Waals surface area contributed by atoms with Crippen molar-refractivity contribution in [3.8, 4) is 23.0 Å². The van der Waals surface area contributed by atoms with Crippen molar-refractivity contribution in [1.29, 1.82) is 0 Å². The van der Waals surface area contributed by atoms with Crippen LogP contribution in [0.25, 0.3) is 0 Å². The van der Waals surface area contributed by atoms with Crippen LogP contribution < -0.4 is 35.3 Å². The van der Waals surface area contributed by atoms with Gasteiger partial charge in [0.2, 0.25) is 17.4 Å². The summed E-state index contributed by atoms with van der Waals surface area (Å²) in [6.07, 6.45) is 0. The number of hydrogen-bond donors (Lipinski definition) is 3. The fourth-order valence-corrected chi connectivity index (χ4v) is 3.90. The molecule has 0 bridgehead atoms. The third-order valence-corrected chi connectivity index (χ3v) is 5.73. The summed E-state index contributed by atoms with van der Waals surface area (Å²) in [5.41, 5.74) is 6.16. The summed E-state index contributed by atoms with van der Waals surface area (Å²) < 4.78 is 22.0. The molecule has 1 atom stereocenters. The zero-order chi connectivity index (χ0) is 23.4. The maximum Gasteiger partial charge on any atom is 0.216 e. The Morgan fingerprint density at radius 3 is 2.33 bits per heavy atom. The summed E-state index contributed by atoms with van der Waals surface area (Å²) >= 11 is 0. The molecule has 0 radical (unpaired) electrons. The maximum absolute atomic E-state index is 13.5. The number of Topliss-reactive ketones (excluding diaryl/α,β-unsaturated/α-hetero) is 1. The van der Waals surface area contributed by atoms with Gasteiger partial charge in [-0.1, -0.05) is 12.1 Å². The molecule has 2 aromatic carbocycles. The van der Waals surface area contributed by atoms with Crippen LogP contribution >= 0.6 is 0 Å². The Kier molecular flexibility index (Phi) is 6.57. The number of anilines is 1. The molecule has 0 spiro atoms. The summed E-state index contributed by atoms with van der Waals surface area (Å²) in [6, 6.07) is 10.6. The molecule has 2 heterocycles. The third-order valence-electron chi connectivity index (χ3n) is 5.73. The Morgan fingerprint density at radius 1 is 1.03 bits per heavy atom. The van der Waals surface area contributed by atoms with Gasteiger partial charge in [-0.15, -0.1) is 0 Å². The number of aliphatic imine (C=N–C) groups is 1. The van der Waals surface area contributed by atoms with Crippen LogP contribution in [-0.4, -0.2) is 70.8 Å². The first-order valence-electron chi connectivity index (χ1n) is 10.7. The summed E-state index contributed by atoms with van der Waals surface area (Å²) in [5, 5.41) is 6.62. The molecular weight excluding hydrogens is 426 g/mol. The fourth-order valence-electron chi connectivity index (χ4n) is 3.90. The number of rotatable bonds is 7. The molecule has 176 valence electrons. The van der Waals surface area contributed by atoms with Gasteiger partial charge in [-0.3, -0.25) is 10.5 Å². The van der Waals surface area contributed by atoms with Gasteiger partial charge in [0.05, 0.1) is 27.0 Å². The predicted octanol–water partition coefficient (Wildman–Crippen LogP) is 1.16. The Hall–Kier alpha value is -3.50. The number of nitrogens with one attached hydrogen (secondary N) is 2. The lowest BCUT2D eigenvalue weighted by atomic mass is 9.92. The van der Waals surface area contributed by atoms with Gasteiger partial charge < -0.3 is 34.5 Å². The molecular formula is C23H29N5O5. The van der Waals surface area contributed by atoms with E-state index in [4.69, 9.17) is 24.7 Å². The van der Waals surface area contributed by atoms with Crippen LogP contribution in [-0.2, 0) is 10.5 Å². The molecule has 1 unspecified atom stereocenters. The summed E-state index contributed by atoms with van der Waals surface area (Å²) in [7, 11) is 4.63. The van der Waals surface area contributed by atoms with Crippen molar-refractivity contribution in [3.63, 3.8) is 0 Å². The maximum atomic E-state index is 13.5. The summed E-state index contributed by atoms with van der Waals surface area (Å²) in [6.45, 7) is 2.79. The van der Waals surface area contributed by atoms with E-state index in [-0.39, 0.29) is 6.61 Å². The number of para-hydroxylation sites is 2. The van der Waals surface area contributed by atoms with Crippen LogP contribution in [0, 0.1) is 0 Å². The lowest BCUT2D eigenvalue weighted by Gasteiger charge is -2.38. The van der Waals surface area contributed by atoms with E-state index in [1.165, 1.54) is 7.11 Å². The molecule has 1 fully saturated rings. The van der Waals surface area contributed by atoms with E-state index >= 15 is 0 Å². The van der Waals surface area contributed by atoms with Crippen LogP contribution in [0.2, 0.25) is 0 Å². The fraction of sp³-hybridized carbons (Fsp3) is 0.391. The second kappa shape index (κ2) is 9.55. The first-order chi connectivity index (χ1) is 16.0. The molecule has 4 N–H and O–H groups in total. The quantitative estimate of drug-likeness (QED) is 0.565. The number of nitrogens with zero attached hydrogens (tertiary/aromatic N) is 2. The number of guanidine groups is 1. The van der Waals surface area contributed by atoms with Gasteiger partial charge >= 0.3 is 0 Å². The highest BCUT2D eigenvalue weighted by molar-refractivity contribution is 6.03. The van der Waals surface area contributed by atoms with Gasteiger partial charge in [0.15, 0.2) is 29.6 Å². The van der Waals surface area contributed by atoms with Gasteiger partial charge in [-0.25, -0.2) is 4.99 Å². The number of ketones is 1. The molecule has 1 saturated heterocycles. The zero-order valence-corrected chi connectivity index (χ0v) is 19.0. The average Bonchev–Trinajstić information content (AvgIpc) is 2.87. The van der Waals surface area contributed by atoms with Crippen molar-refractivity contribution in [1.82, 2.24) is 10.2 Å². The zero-order valence-electron chi connectivity index (χ0n) is 19.0. The van der Waals surface area contributed by atoms with Gasteiger partial charge in [-0.2, -0.15) is 0 Å². The first-order valence-corrected chi connectivity index (χ1v) is 10.7. The van der Waals surface area contributed by atoms with E-state index in [2.05, 4.69) is 20.5 Å². The smallest absolute Gasteiger partial charge is 0.216 e. The van der Waals surface area contributed by atoms with Gasteiger partial charge in [-0.05, 0) is 18.2 Å². The van der Waals surface area contributed by atoms with E-state index in [9.17, 15) is 4.79 Å². The van der Waals surface area contributed by atoms with Gasteiger partial charge in [0.25, 0.3) is 0 Å². The van der Waals surface area contributed by atoms with E-state index in [0.717, 1.165) is 26.2 Å². The summed E-state index contributed by atoms with van der Waals surface area (Å²) in [4.78, 5) is 20.3. The first kappa shape index (κ1) is 22.7. The van der Waals surface area contributed by atoms with Crippen molar-refractivity contribution in [3.05, 3.63) is 42.0 Å². The normalized spacial score (nSPS) is 19.6. The second-order valence-corrected chi connectivity index (χ2v) is 7.68. The number of methoxy groups -OCH3 is 3. The predicted molar refractivity (Wildman–Crippen MR) is 124 cm³/mol. The lowest BCUT2D eigenvalue weighted by Crippen LogP contribution is -2.55. The Balaban J connectivity index is 1.70. The number of ether oxygens (including phenoxy) is 4. The number of fused-ring (bicyclic) bond motifs is 1. The Labute approximate surface area is 192 Å². The van der Waals surface area contributed by atoms with Crippen molar-refractivity contribution >= 4 is 17.4 Å². The molecule has 2 aromatic rings. The van der Waals surface area contributed by atoms with Crippen molar-refractivity contribution < 1.29 is 23.7 Å². The van der Waals surface area contributed by atoms with Gasteiger partial charge in [0.1, 0.15) is 0 Å². The van der Waals surface area contributed by atoms with E-state index in [1.54, 1.807) is 44.6 Å². The number of piperazine rings is 1. The molecule has 10 nitrogen and oxygen atoms in total. The second-order valence-electron chi connectivity index (χ2n) is 7.68. The standard InChI is InChI=1S/C23H29N5O5/c1-30-17-6-4-5-7-18(17)33-14-21(29)23(24)15-12-19(31-2)20(32-3)13-16(15)26-22(27-23)28-10-8-25-9-11-28/h4-7,12-13,25H,8-11,14,24H2,1-3H3,(H,26,27). The van der Waals surface area contributed by atoms with E-state index in [0.29, 0.717) is 40.2 Å². The van der Waals surface area contributed by atoms with Crippen molar-refractivity contribution in [2.45, 2.75) is 5.66 Å². The molecule has 33 heavy (non-hydrogen) atoms. The molecule has 10 heteroatoms. The average molecular weight is 456 g/mol. The summed E-state index contributed by atoms with van der Waals surface area (Å²) in [5.74, 6) is 2.07. The minimum absolute atomic E-state index is 0.289. The molecule has 0 aromatic heterocycles. The third kappa shape index (κ3) is 4.39. The SMILES string of the molecule is COc1cc2c(cc1OC)C(N)(C(=O)COc1ccccc1OC)N=C(N1CCNCC1)N2. The molecule has 0 saturated carbocycles.